The third-order valence-electron chi connectivity index (χ3n) is 6.61. The van der Waals surface area contributed by atoms with Crippen molar-refractivity contribution in [1.82, 2.24) is 19.5 Å². The van der Waals surface area contributed by atoms with Crippen LogP contribution in [0.3, 0.4) is 0 Å². The minimum atomic E-state index is -0.0352. The molecule has 1 aliphatic rings. The Balaban J connectivity index is 1.28. The highest BCUT2D eigenvalue weighted by atomic mass is 35.5. The number of nitrogens with zero attached hydrogens (tertiary/aromatic N) is 4. The molecule has 1 saturated heterocycles. The number of fused-ring (bicyclic) bond motifs is 1. The first-order chi connectivity index (χ1) is 17.0. The van der Waals surface area contributed by atoms with Gasteiger partial charge in [0.2, 0.25) is 5.91 Å². The molecule has 1 amide bonds. The molecule has 1 fully saturated rings. The Morgan fingerprint density at radius 3 is 2.60 bits per heavy atom. The fourth-order valence-electron chi connectivity index (χ4n) is 4.71. The van der Waals surface area contributed by atoms with Crippen LogP contribution in [-0.2, 0) is 11.2 Å². The van der Waals surface area contributed by atoms with Gasteiger partial charge in [0, 0.05) is 47.9 Å². The quantitative estimate of drug-likeness (QED) is 0.419. The van der Waals surface area contributed by atoms with Crippen molar-refractivity contribution in [2.45, 2.75) is 32.2 Å². The Bertz CT molecular complexity index is 1330. The van der Waals surface area contributed by atoms with Gasteiger partial charge in [-0.25, -0.2) is 4.98 Å². The maximum atomic E-state index is 13.0. The van der Waals surface area contributed by atoms with Gasteiger partial charge in [-0.2, -0.15) is 9.61 Å². The highest BCUT2D eigenvalue weighted by Crippen LogP contribution is 2.29. The monoisotopic (exact) mass is 483 g/mol. The van der Waals surface area contributed by atoms with E-state index in [1.54, 1.807) is 10.7 Å². The number of hydrogen-bond acceptors (Lipinski definition) is 4. The summed E-state index contributed by atoms with van der Waals surface area (Å²) in [7, 11) is 6.15. The lowest BCUT2D eigenvalue weighted by Crippen LogP contribution is -2.44. The second-order valence-corrected chi connectivity index (χ2v) is 9.58. The van der Waals surface area contributed by atoms with Gasteiger partial charge >= 0.3 is 0 Å². The van der Waals surface area contributed by atoms with E-state index in [1.165, 1.54) is 5.56 Å². The van der Waals surface area contributed by atoms with Crippen LogP contribution in [0.2, 0.25) is 5.02 Å². The number of halogens is 1. The van der Waals surface area contributed by atoms with E-state index >= 15 is 0 Å². The number of likely N-dealkylation sites (tertiary alicyclic amines) is 1. The first-order valence-corrected chi connectivity index (χ1v) is 12.4. The first kappa shape index (κ1) is 23.4. The zero-order valence-corrected chi connectivity index (χ0v) is 20.4. The van der Waals surface area contributed by atoms with Gasteiger partial charge in [-0.1, -0.05) is 67.1 Å². The Morgan fingerprint density at radius 1 is 1.14 bits per heavy atom. The lowest BCUT2D eigenvalue weighted by molar-refractivity contribution is -0.135. The van der Waals surface area contributed by atoms with Gasteiger partial charge in [-0.15, -0.1) is 0 Å². The fourth-order valence-corrected chi connectivity index (χ4v) is 4.94. The predicted octanol–water partition coefficient (Wildman–Crippen LogP) is 4.13. The molecule has 1 unspecified atom stereocenters. The summed E-state index contributed by atoms with van der Waals surface area (Å²) in [4.78, 5) is 19.7. The van der Waals surface area contributed by atoms with Crippen LogP contribution in [0.15, 0.2) is 66.9 Å². The molecule has 0 spiro atoms. The van der Waals surface area contributed by atoms with Crippen molar-refractivity contribution in [3.63, 3.8) is 0 Å². The molecule has 3 heterocycles. The molecule has 5 rings (SSSR count). The SMILES string of the molecule is [B]c1cnn2c(NC3CCN(C(=O)C(C)Cc4ccccc4)CC3)cc(-c3ccccc3Cl)nc12. The number of nitrogens with one attached hydrogen (secondary N) is 1. The van der Waals surface area contributed by atoms with Gasteiger partial charge in [0.05, 0.1) is 5.69 Å². The zero-order valence-electron chi connectivity index (χ0n) is 19.7. The molecule has 1 aliphatic heterocycles. The van der Waals surface area contributed by atoms with Crippen LogP contribution in [0, 0.1) is 5.92 Å². The van der Waals surface area contributed by atoms with E-state index in [-0.39, 0.29) is 17.9 Å². The standard InChI is InChI=1S/C27H27BClN5O/c1-18(15-19-7-3-2-4-8-19)27(35)33-13-11-20(12-14-33)31-25-16-24(21-9-5-6-10-23(21)29)32-26-22(28)17-30-34(25)26/h2-10,16-18,20,31H,11-15H2,1H3. The third-order valence-corrected chi connectivity index (χ3v) is 6.94. The number of hydrogen-bond donors (Lipinski definition) is 1. The molecule has 176 valence electrons. The second kappa shape index (κ2) is 10.1. The Labute approximate surface area is 211 Å². The summed E-state index contributed by atoms with van der Waals surface area (Å²) in [5.41, 5.74) is 3.87. The average Bonchev–Trinajstić information content (AvgIpc) is 3.26. The number of benzene rings is 2. The molecule has 35 heavy (non-hydrogen) atoms. The smallest absolute Gasteiger partial charge is 0.225 e. The Kier molecular flexibility index (Phi) is 6.78. The van der Waals surface area contributed by atoms with Crippen molar-refractivity contribution >= 4 is 42.3 Å². The van der Waals surface area contributed by atoms with Crippen molar-refractivity contribution in [3.05, 3.63) is 77.4 Å². The second-order valence-electron chi connectivity index (χ2n) is 9.18. The van der Waals surface area contributed by atoms with Gasteiger partial charge in [0.25, 0.3) is 0 Å². The number of aromatic nitrogens is 3. The maximum Gasteiger partial charge on any atom is 0.225 e. The van der Waals surface area contributed by atoms with E-state index in [2.05, 4.69) is 22.5 Å². The molecule has 2 aromatic heterocycles. The molecule has 2 aromatic carbocycles. The van der Waals surface area contributed by atoms with E-state index < -0.39 is 0 Å². The van der Waals surface area contributed by atoms with Gasteiger partial charge < -0.3 is 10.2 Å². The molecular weight excluding hydrogens is 457 g/mol. The number of carbonyl (C=O) groups is 1. The molecular formula is C27H27BClN5O. The van der Waals surface area contributed by atoms with Crippen LogP contribution in [0.4, 0.5) is 5.82 Å². The van der Waals surface area contributed by atoms with Gasteiger partial charge in [-0.3, -0.25) is 4.79 Å². The summed E-state index contributed by atoms with van der Waals surface area (Å²) in [6.07, 6.45) is 4.08. The highest BCUT2D eigenvalue weighted by Gasteiger charge is 2.27. The average molecular weight is 484 g/mol. The zero-order chi connectivity index (χ0) is 24.4. The molecule has 0 aliphatic carbocycles. The van der Waals surface area contributed by atoms with E-state index in [0.29, 0.717) is 16.1 Å². The Morgan fingerprint density at radius 2 is 1.86 bits per heavy atom. The third kappa shape index (κ3) is 5.05. The van der Waals surface area contributed by atoms with Crippen molar-refractivity contribution < 1.29 is 4.79 Å². The van der Waals surface area contributed by atoms with Crippen LogP contribution < -0.4 is 10.8 Å². The minimum Gasteiger partial charge on any atom is -0.367 e. The Hall–Kier alpha value is -3.32. The lowest BCUT2D eigenvalue weighted by atomic mass is 9.97. The van der Waals surface area contributed by atoms with E-state index in [0.717, 1.165) is 49.4 Å². The molecule has 6 nitrogen and oxygen atoms in total. The summed E-state index contributed by atoms with van der Waals surface area (Å²) in [6.45, 7) is 3.47. The highest BCUT2D eigenvalue weighted by molar-refractivity contribution is 6.36. The largest absolute Gasteiger partial charge is 0.367 e. The fraction of sp³-hybridized carbons (Fsp3) is 0.296. The number of piperidine rings is 1. The van der Waals surface area contributed by atoms with Crippen LogP contribution in [0.5, 0.6) is 0 Å². The van der Waals surface area contributed by atoms with E-state index in [1.807, 2.05) is 60.4 Å². The van der Waals surface area contributed by atoms with E-state index in [9.17, 15) is 4.79 Å². The summed E-state index contributed by atoms with van der Waals surface area (Å²) in [6, 6.07) is 20.0. The van der Waals surface area contributed by atoms with Crippen molar-refractivity contribution in [2.75, 3.05) is 18.4 Å². The number of rotatable bonds is 6. The molecule has 8 heteroatoms. The van der Waals surface area contributed by atoms with Gasteiger partial charge in [-0.05, 0) is 36.4 Å². The molecule has 0 bridgehead atoms. The lowest BCUT2D eigenvalue weighted by Gasteiger charge is -2.34. The molecule has 1 N–H and O–H groups in total. The van der Waals surface area contributed by atoms with Crippen LogP contribution in [0.1, 0.15) is 25.3 Å². The molecule has 2 radical (unpaired) electrons. The van der Waals surface area contributed by atoms with Gasteiger partial charge in [0.15, 0.2) is 5.65 Å². The van der Waals surface area contributed by atoms with E-state index in [4.69, 9.17) is 24.4 Å². The van der Waals surface area contributed by atoms with Crippen LogP contribution >= 0.6 is 11.6 Å². The van der Waals surface area contributed by atoms with Crippen molar-refractivity contribution in [2.24, 2.45) is 5.92 Å². The van der Waals surface area contributed by atoms with Crippen molar-refractivity contribution in [3.8, 4) is 11.3 Å². The summed E-state index contributed by atoms with van der Waals surface area (Å²) < 4.78 is 1.73. The van der Waals surface area contributed by atoms with Crippen LogP contribution in [-0.4, -0.2) is 52.4 Å². The first-order valence-electron chi connectivity index (χ1n) is 12.0. The van der Waals surface area contributed by atoms with Crippen molar-refractivity contribution in [1.29, 1.82) is 0 Å². The summed E-state index contributed by atoms with van der Waals surface area (Å²) in [5.74, 6) is 0.996. The molecule has 0 saturated carbocycles. The molecule has 1 atom stereocenters. The summed E-state index contributed by atoms with van der Waals surface area (Å²) in [5, 5.41) is 8.66. The summed E-state index contributed by atoms with van der Waals surface area (Å²) >= 11 is 6.44. The predicted molar refractivity (Wildman–Crippen MR) is 141 cm³/mol. The minimum absolute atomic E-state index is 0.0352. The number of amides is 1. The topological polar surface area (TPSA) is 62.5 Å². The molecule has 4 aromatic rings. The number of anilines is 1. The number of carbonyl (C=O) groups excluding carboxylic acids is 1. The van der Waals surface area contributed by atoms with Crippen LogP contribution in [0.25, 0.3) is 16.9 Å². The normalized spacial score (nSPS) is 15.3. The maximum absolute atomic E-state index is 13.0. The van der Waals surface area contributed by atoms with Gasteiger partial charge in [0.1, 0.15) is 13.7 Å².